The second kappa shape index (κ2) is 7.97. The van der Waals surface area contributed by atoms with Gasteiger partial charge < -0.3 is 11.1 Å². The molecule has 0 radical (unpaired) electrons. The van der Waals surface area contributed by atoms with Crippen molar-refractivity contribution in [2.75, 3.05) is 5.32 Å². The Labute approximate surface area is 161 Å². The molecule has 3 rings (SSSR count). The van der Waals surface area contributed by atoms with Crippen LogP contribution >= 0.6 is 0 Å². The van der Waals surface area contributed by atoms with Crippen molar-refractivity contribution in [3.05, 3.63) is 82.0 Å². The number of halogens is 3. The van der Waals surface area contributed by atoms with Gasteiger partial charge in [-0.25, -0.2) is 18.2 Å². The van der Waals surface area contributed by atoms with Crippen LogP contribution in [0.3, 0.4) is 0 Å². The van der Waals surface area contributed by atoms with Gasteiger partial charge in [-0.3, -0.25) is 19.0 Å². The van der Waals surface area contributed by atoms with Crippen molar-refractivity contribution in [2.45, 2.75) is 6.54 Å². The monoisotopic (exact) mass is 402 g/mol. The zero-order valence-corrected chi connectivity index (χ0v) is 14.7. The molecule has 7 nitrogen and oxygen atoms in total. The van der Waals surface area contributed by atoms with E-state index in [1.54, 1.807) is 0 Å². The number of nitrogens with two attached hydrogens (primary N) is 1. The van der Waals surface area contributed by atoms with Gasteiger partial charge >= 0.3 is 0 Å². The van der Waals surface area contributed by atoms with Crippen LogP contribution in [0.2, 0.25) is 0 Å². The van der Waals surface area contributed by atoms with Crippen LogP contribution in [0.5, 0.6) is 0 Å². The average Bonchev–Trinajstić information content (AvgIpc) is 2.67. The van der Waals surface area contributed by atoms with E-state index in [0.717, 1.165) is 41.1 Å². The van der Waals surface area contributed by atoms with Crippen molar-refractivity contribution in [3.63, 3.8) is 0 Å². The fourth-order valence-electron chi connectivity index (χ4n) is 2.56. The maximum Gasteiger partial charge on any atom is 0.267 e. The second-order valence-corrected chi connectivity index (χ2v) is 5.93. The molecule has 148 valence electrons. The minimum Gasteiger partial charge on any atom is -0.365 e. The first-order chi connectivity index (χ1) is 13.8. The van der Waals surface area contributed by atoms with Crippen LogP contribution in [0, 0.1) is 17.5 Å². The van der Waals surface area contributed by atoms with Crippen molar-refractivity contribution in [1.82, 2.24) is 9.55 Å². The smallest absolute Gasteiger partial charge is 0.267 e. The molecule has 2 amide bonds. The molecular weight excluding hydrogens is 389 g/mol. The maximum absolute atomic E-state index is 13.7. The zero-order valence-electron chi connectivity index (χ0n) is 14.7. The van der Waals surface area contributed by atoms with Crippen LogP contribution in [0.15, 0.2) is 53.5 Å². The van der Waals surface area contributed by atoms with Crippen LogP contribution in [-0.4, -0.2) is 21.4 Å². The molecule has 2 aromatic carbocycles. The first kappa shape index (κ1) is 19.8. The lowest BCUT2D eigenvalue weighted by Crippen LogP contribution is -2.34. The lowest BCUT2D eigenvalue weighted by molar-refractivity contribution is -0.116. The number of hydrogen-bond acceptors (Lipinski definition) is 4. The molecule has 0 saturated carbocycles. The van der Waals surface area contributed by atoms with E-state index in [-0.39, 0.29) is 11.4 Å². The van der Waals surface area contributed by atoms with Gasteiger partial charge in [-0.1, -0.05) is 0 Å². The van der Waals surface area contributed by atoms with Crippen molar-refractivity contribution in [3.8, 4) is 11.4 Å². The summed E-state index contributed by atoms with van der Waals surface area (Å²) < 4.78 is 41.1. The van der Waals surface area contributed by atoms with Gasteiger partial charge in [-0.15, -0.1) is 0 Å². The molecule has 0 spiro atoms. The molecule has 3 N–H and O–H groups in total. The van der Waals surface area contributed by atoms with Crippen LogP contribution in [0.4, 0.5) is 18.9 Å². The molecule has 1 aromatic heterocycles. The van der Waals surface area contributed by atoms with E-state index < -0.39 is 52.6 Å². The summed E-state index contributed by atoms with van der Waals surface area (Å²) in [6, 6.07) is 7.36. The molecule has 0 bridgehead atoms. The van der Waals surface area contributed by atoms with E-state index in [4.69, 9.17) is 5.73 Å². The molecule has 0 fully saturated rings. The number of amides is 2. The quantitative estimate of drug-likeness (QED) is 0.681. The Kier molecular flexibility index (Phi) is 5.44. The number of rotatable bonds is 5. The number of benzene rings is 2. The Morgan fingerprint density at radius 2 is 1.69 bits per heavy atom. The van der Waals surface area contributed by atoms with Crippen LogP contribution in [0.25, 0.3) is 11.4 Å². The van der Waals surface area contributed by atoms with Gasteiger partial charge in [-0.2, -0.15) is 0 Å². The van der Waals surface area contributed by atoms with Gasteiger partial charge in [0.15, 0.2) is 0 Å². The highest BCUT2D eigenvalue weighted by atomic mass is 19.1. The van der Waals surface area contributed by atoms with E-state index >= 15 is 0 Å². The van der Waals surface area contributed by atoms with Crippen LogP contribution in [-0.2, 0) is 11.3 Å². The van der Waals surface area contributed by atoms with Crippen LogP contribution in [0.1, 0.15) is 10.4 Å². The van der Waals surface area contributed by atoms with E-state index in [2.05, 4.69) is 10.3 Å². The van der Waals surface area contributed by atoms with Crippen molar-refractivity contribution < 1.29 is 22.8 Å². The Hall–Kier alpha value is -3.95. The molecule has 0 aliphatic heterocycles. The van der Waals surface area contributed by atoms with Gasteiger partial charge in [0.25, 0.3) is 11.5 Å². The number of primary amides is 1. The lowest BCUT2D eigenvalue weighted by Gasteiger charge is -2.13. The molecule has 3 aromatic rings. The van der Waals surface area contributed by atoms with E-state index in [9.17, 15) is 27.6 Å². The maximum atomic E-state index is 13.7. The summed E-state index contributed by atoms with van der Waals surface area (Å²) in [5.74, 6) is -4.18. The normalized spacial score (nSPS) is 10.6. The fourth-order valence-corrected chi connectivity index (χ4v) is 2.56. The summed E-state index contributed by atoms with van der Waals surface area (Å²) in [7, 11) is 0. The third-order valence-electron chi connectivity index (χ3n) is 3.92. The van der Waals surface area contributed by atoms with Crippen molar-refractivity contribution in [2.24, 2.45) is 5.73 Å². The van der Waals surface area contributed by atoms with Gasteiger partial charge in [0.2, 0.25) is 5.91 Å². The summed E-state index contributed by atoms with van der Waals surface area (Å²) in [5.41, 5.74) is 3.62. The zero-order chi connectivity index (χ0) is 21.1. The number of nitrogens with one attached hydrogen (secondary N) is 1. The summed E-state index contributed by atoms with van der Waals surface area (Å²) >= 11 is 0. The number of carbonyl (C=O) groups excluding carboxylic acids is 2. The number of carbonyl (C=O) groups is 2. The molecule has 0 unspecified atom stereocenters. The molecule has 0 saturated heterocycles. The topological polar surface area (TPSA) is 107 Å². The number of anilines is 1. The highest BCUT2D eigenvalue weighted by Crippen LogP contribution is 2.18. The predicted molar refractivity (Wildman–Crippen MR) is 97.4 cm³/mol. The molecule has 1 heterocycles. The highest BCUT2D eigenvalue weighted by molar-refractivity contribution is 5.93. The summed E-state index contributed by atoms with van der Waals surface area (Å²) in [4.78, 5) is 40.4. The first-order valence-corrected chi connectivity index (χ1v) is 8.16. The van der Waals surface area contributed by atoms with Crippen molar-refractivity contribution in [1.29, 1.82) is 0 Å². The van der Waals surface area contributed by atoms with Crippen molar-refractivity contribution >= 4 is 17.5 Å². The Morgan fingerprint density at radius 3 is 2.34 bits per heavy atom. The van der Waals surface area contributed by atoms with E-state index in [0.29, 0.717) is 0 Å². The molecule has 10 heteroatoms. The first-order valence-electron chi connectivity index (χ1n) is 8.16. The molecular formula is C19H13F3N4O3. The largest absolute Gasteiger partial charge is 0.365 e. The summed E-state index contributed by atoms with van der Waals surface area (Å²) in [6.45, 7) is -0.685. The predicted octanol–water partition coefficient (Wildman–Crippen LogP) is 2.07. The number of aromatic nitrogens is 2. The average molecular weight is 402 g/mol. The molecule has 29 heavy (non-hydrogen) atoms. The summed E-state index contributed by atoms with van der Waals surface area (Å²) in [6.07, 6.45) is 0.948. The third kappa shape index (κ3) is 4.32. The third-order valence-corrected chi connectivity index (χ3v) is 3.92. The van der Waals surface area contributed by atoms with Crippen LogP contribution < -0.4 is 16.6 Å². The van der Waals surface area contributed by atoms with E-state index in [1.807, 2.05) is 0 Å². The highest BCUT2D eigenvalue weighted by Gasteiger charge is 2.18. The Balaban J connectivity index is 2.01. The number of hydrogen-bond donors (Lipinski definition) is 2. The van der Waals surface area contributed by atoms with E-state index in [1.165, 1.54) is 12.1 Å². The van der Waals surface area contributed by atoms with Gasteiger partial charge in [-0.05, 0) is 36.4 Å². The standard InChI is InChI=1S/C19H13F3N4O3/c20-11-3-1-10(2-4-11)18-24-8-13(17(23)28)19(29)26(18)9-16(27)25-15-7-12(21)5-6-14(15)22/h1-8H,9H2,(H2,23,28)(H,25,27). The van der Waals surface area contributed by atoms with Gasteiger partial charge in [0.1, 0.15) is 35.4 Å². The Morgan fingerprint density at radius 1 is 1.03 bits per heavy atom. The Bertz CT molecular complexity index is 1160. The lowest BCUT2D eigenvalue weighted by atomic mass is 10.2. The SMILES string of the molecule is NC(=O)c1cnc(-c2ccc(F)cc2)n(CC(=O)Nc2cc(F)ccc2F)c1=O. The van der Waals surface area contributed by atoms with Gasteiger partial charge in [0, 0.05) is 17.8 Å². The summed E-state index contributed by atoms with van der Waals surface area (Å²) in [5, 5.41) is 2.15. The van der Waals surface area contributed by atoms with Gasteiger partial charge in [0.05, 0.1) is 5.69 Å². The minimum absolute atomic E-state index is 0.0464. The molecule has 0 atom stereocenters. The second-order valence-electron chi connectivity index (χ2n) is 5.93. The number of nitrogens with zero attached hydrogens (tertiary/aromatic N) is 2. The molecule has 0 aliphatic rings. The molecule has 0 aliphatic carbocycles. The fraction of sp³-hybridized carbons (Fsp3) is 0.0526. The minimum atomic E-state index is -1.06.